The van der Waals surface area contributed by atoms with Crippen LogP contribution in [-0.2, 0) is 16.1 Å². The first kappa shape index (κ1) is 26.5. The molecule has 1 amide bonds. The van der Waals surface area contributed by atoms with E-state index in [1.165, 1.54) is 0 Å². The molecule has 3 aromatic carbocycles. The number of halogens is 2. The Balaban J connectivity index is 1.38. The van der Waals surface area contributed by atoms with Gasteiger partial charge in [-0.1, -0.05) is 61.3 Å². The van der Waals surface area contributed by atoms with E-state index in [0.717, 1.165) is 28.2 Å². The number of anilines is 2. The summed E-state index contributed by atoms with van der Waals surface area (Å²) in [5.41, 5.74) is 4.66. The fraction of sp³-hybridized carbons (Fsp3) is 0.290. The summed E-state index contributed by atoms with van der Waals surface area (Å²) < 4.78 is 10.9. The summed E-state index contributed by atoms with van der Waals surface area (Å²) >= 11 is 12.8. The fourth-order valence-electron chi connectivity index (χ4n) is 5.72. The molecule has 206 valence electrons. The molecule has 1 unspecified atom stereocenters. The van der Waals surface area contributed by atoms with E-state index < -0.39 is 6.04 Å². The molecule has 1 atom stereocenters. The van der Waals surface area contributed by atoms with Gasteiger partial charge in [-0.25, -0.2) is 0 Å². The van der Waals surface area contributed by atoms with Gasteiger partial charge in [0.25, 0.3) is 0 Å². The molecular weight excluding hydrogens is 549 g/mol. The second-order valence-electron chi connectivity index (χ2n) is 11.1. The minimum absolute atomic E-state index is 0.0155. The predicted molar refractivity (Wildman–Crippen MR) is 156 cm³/mol. The topological polar surface area (TPSA) is 79.9 Å². The largest absolute Gasteiger partial charge is 0.454 e. The van der Waals surface area contributed by atoms with E-state index in [-0.39, 0.29) is 30.4 Å². The average Bonchev–Trinajstić information content (AvgIpc) is 3.33. The molecule has 9 heteroatoms. The van der Waals surface area contributed by atoms with E-state index in [2.05, 4.69) is 24.5 Å². The monoisotopic (exact) mass is 577 g/mol. The zero-order valence-electron chi connectivity index (χ0n) is 22.2. The van der Waals surface area contributed by atoms with Crippen molar-refractivity contribution in [3.05, 3.63) is 93.1 Å². The van der Waals surface area contributed by atoms with Crippen LogP contribution in [0.2, 0.25) is 10.0 Å². The molecule has 3 aliphatic rings. The molecule has 6 rings (SSSR count). The van der Waals surface area contributed by atoms with Crippen molar-refractivity contribution in [1.29, 1.82) is 0 Å². The van der Waals surface area contributed by atoms with Crippen molar-refractivity contribution in [2.24, 2.45) is 5.41 Å². The second kappa shape index (κ2) is 10.4. The number of hydrogen-bond donors (Lipinski definition) is 2. The molecular formula is C31H29Cl2N3O4. The van der Waals surface area contributed by atoms with Crippen LogP contribution in [-0.4, -0.2) is 25.0 Å². The number of Topliss-reactive ketones (excluding diaryl/α,β-unsaturated/α-hetero) is 1. The van der Waals surface area contributed by atoms with E-state index in [1.54, 1.807) is 12.1 Å². The molecule has 0 aromatic heterocycles. The van der Waals surface area contributed by atoms with Crippen molar-refractivity contribution in [1.82, 2.24) is 5.32 Å². The van der Waals surface area contributed by atoms with Gasteiger partial charge in [-0.15, -0.1) is 0 Å². The van der Waals surface area contributed by atoms with Crippen LogP contribution in [0, 0.1) is 5.41 Å². The molecule has 2 aliphatic heterocycles. The van der Waals surface area contributed by atoms with Crippen LogP contribution >= 0.6 is 23.2 Å². The van der Waals surface area contributed by atoms with E-state index in [0.29, 0.717) is 46.5 Å². The van der Waals surface area contributed by atoms with Gasteiger partial charge >= 0.3 is 0 Å². The highest BCUT2D eigenvalue weighted by molar-refractivity contribution is 6.42. The average molecular weight is 578 g/mol. The Kier molecular flexibility index (Phi) is 6.88. The number of allylic oxidation sites excluding steroid dienone is 1. The minimum Gasteiger partial charge on any atom is -0.454 e. The SMILES string of the molecule is CC1(C)CC(=O)C2=C(C1)Nc1ccccc1N(CC(=O)NCc1ccc3c(c1)OCO3)C2c1ccc(Cl)c(Cl)c1. The third-order valence-electron chi connectivity index (χ3n) is 7.50. The van der Waals surface area contributed by atoms with Gasteiger partial charge < -0.3 is 25.0 Å². The Labute approximate surface area is 243 Å². The highest BCUT2D eigenvalue weighted by Crippen LogP contribution is 2.48. The zero-order chi connectivity index (χ0) is 28.0. The van der Waals surface area contributed by atoms with E-state index in [9.17, 15) is 9.59 Å². The number of ketones is 1. The second-order valence-corrected chi connectivity index (χ2v) is 12.0. The summed E-state index contributed by atoms with van der Waals surface area (Å²) in [6, 6.07) is 18.3. The van der Waals surface area contributed by atoms with Crippen molar-refractivity contribution >= 4 is 46.3 Å². The number of nitrogens with zero attached hydrogens (tertiary/aromatic N) is 1. The molecule has 0 saturated carbocycles. The Hall–Kier alpha value is -3.68. The molecule has 0 saturated heterocycles. The van der Waals surface area contributed by atoms with Gasteiger partial charge in [0.2, 0.25) is 12.7 Å². The Morgan fingerprint density at radius 2 is 1.82 bits per heavy atom. The van der Waals surface area contributed by atoms with Crippen molar-refractivity contribution < 1.29 is 19.1 Å². The quantitative estimate of drug-likeness (QED) is 0.353. The molecule has 7 nitrogen and oxygen atoms in total. The Morgan fingerprint density at radius 1 is 1.02 bits per heavy atom. The van der Waals surface area contributed by atoms with Crippen LogP contribution in [0.3, 0.4) is 0 Å². The number of amides is 1. The third-order valence-corrected chi connectivity index (χ3v) is 8.24. The van der Waals surface area contributed by atoms with E-state index in [1.807, 2.05) is 53.4 Å². The lowest BCUT2D eigenvalue weighted by molar-refractivity contribution is -0.120. The summed E-state index contributed by atoms with van der Waals surface area (Å²) in [6.07, 6.45) is 1.11. The van der Waals surface area contributed by atoms with Crippen molar-refractivity contribution in [3.63, 3.8) is 0 Å². The van der Waals surface area contributed by atoms with Crippen LogP contribution in [0.25, 0.3) is 0 Å². The van der Waals surface area contributed by atoms with Gasteiger partial charge in [-0.2, -0.15) is 0 Å². The van der Waals surface area contributed by atoms with Crippen LogP contribution < -0.4 is 25.0 Å². The number of fused-ring (bicyclic) bond motifs is 2. The maximum Gasteiger partial charge on any atom is 0.239 e. The van der Waals surface area contributed by atoms with Gasteiger partial charge in [-0.3, -0.25) is 9.59 Å². The van der Waals surface area contributed by atoms with E-state index >= 15 is 0 Å². The zero-order valence-corrected chi connectivity index (χ0v) is 23.7. The normalized spacial score (nSPS) is 18.9. The smallest absolute Gasteiger partial charge is 0.239 e. The third kappa shape index (κ3) is 5.11. The van der Waals surface area contributed by atoms with Crippen molar-refractivity contribution in [2.75, 3.05) is 23.6 Å². The van der Waals surface area contributed by atoms with Crippen LogP contribution in [0.5, 0.6) is 11.5 Å². The summed E-state index contributed by atoms with van der Waals surface area (Å²) in [4.78, 5) is 29.3. The van der Waals surface area contributed by atoms with Crippen LogP contribution in [0.4, 0.5) is 11.4 Å². The number of nitrogens with one attached hydrogen (secondary N) is 2. The lowest BCUT2D eigenvalue weighted by Crippen LogP contribution is -2.41. The summed E-state index contributed by atoms with van der Waals surface area (Å²) in [5.74, 6) is 1.22. The van der Waals surface area contributed by atoms with Gasteiger partial charge in [0.05, 0.1) is 34.0 Å². The molecule has 2 N–H and O–H groups in total. The number of carbonyl (C=O) groups excluding carboxylic acids is 2. The maximum absolute atomic E-state index is 13.8. The number of hydrogen-bond acceptors (Lipinski definition) is 6. The molecule has 40 heavy (non-hydrogen) atoms. The van der Waals surface area contributed by atoms with Crippen LogP contribution in [0.1, 0.15) is 43.9 Å². The predicted octanol–water partition coefficient (Wildman–Crippen LogP) is 6.65. The molecule has 0 bridgehead atoms. The first-order valence-electron chi connectivity index (χ1n) is 13.2. The van der Waals surface area contributed by atoms with Crippen LogP contribution in [0.15, 0.2) is 71.9 Å². The maximum atomic E-state index is 13.8. The lowest BCUT2D eigenvalue weighted by Gasteiger charge is -2.38. The fourth-order valence-corrected chi connectivity index (χ4v) is 6.03. The first-order valence-corrected chi connectivity index (χ1v) is 13.9. The molecule has 0 radical (unpaired) electrons. The van der Waals surface area contributed by atoms with Gasteiger partial charge in [0, 0.05) is 24.2 Å². The summed E-state index contributed by atoms with van der Waals surface area (Å²) in [6.45, 7) is 4.73. The Morgan fingerprint density at radius 3 is 2.65 bits per heavy atom. The van der Waals surface area contributed by atoms with E-state index in [4.69, 9.17) is 32.7 Å². The highest BCUT2D eigenvalue weighted by Gasteiger charge is 2.42. The molecule has 0 spiro atoms. The Bertz CT molecular complexity index is 1550. The molecule has 2 heterocycles. The number of para-hydroxylation sites is 2. The van der Waals surface area contributed by atoms with Gasteiger partial charge in [0.1, 0.15) is 0 Å². The number of ether oxygens (including phenoxy) is 2. The lowest BCUT2D eigenvalue weighted by atomic mass is 9.73. The number of carbonyl (C=O) groups is 2. The molecule has 3 aromatic rings. The summed E-state index contributed by atoms with van der Waals surface area (Å²) in [5, 5.41) is 7.41. The molecule has 0 fully saturated rings. The number of rotatable bonds is 5. The molecule has 1 aliphatic carbocycles. The van der Waals surface area contributed by atoms with Gasteiger partial charge in [-0.05, 0) is 59.4 Å². The number of benzene rings is 3. The minimum atomic E-state index is -0.541. The van der Waals surface area contributed by atoms with Crippen molar-refractivity contribution in [3.8, 4) is 11.5 Å². The van der Waals surface area contributed by atoms with Crippen molar-refractivity contribution in [2.45, 2.75) is 39.3 Å². The van der Waals surface area contributed by atoms with Gasteiger partial charge in [0.15, 0.2) is 17.3 Å². The standard InChI is InChI=1S/C31H29Cl2N3O4/c1-31(2)13-23-29(25(37)14-31)30(19-8-9-20(32)21(33)12-19)36(24-6-4-3-5-22(24)35-23)16-28(38)34-15-18-7-10-26-27(11-18)40-17-39-26/h3-12,30,35H,13-17H2,1-2H3,(H,34,38). The first-order chi connectivity index (χ1) is 19.2. The summed E-state index contributed by atoms with van der Waals surface area (Å²) in [7, 11) is 0. The highest BCUT2D eigenvalue weighted by atomic mass is 35.5.